The largest absolute Gasteiger partial charge is 0.421 e. The molecule has 0 aliphatic heterocycles. The topological polar surface area (TPSA) is 29.9 Å². The summed E-state index contributed by atoms with van der Waals surface area (Å²) in [7, 11) is 5.38. The van der Waals surface area contributed by atoms with Crippen LogP contribution >= 0.6 is 0 Å². The van der Waals surface area contributed by atoms with Crippen LogP contribution in [0.1, 0.15) is 5.82 Å². The van der Waals surface area contributed by atoms with Gasteiger partial charge >= 0.3 is 0 Å². The number of imidazole rings is 1. The van der Waals surface area contributed by atoms with Crippen molar-refractivity contribution in [3.8, 4) is 0 Å². The number of rotatable bonds is 7. The fourth-order valence-corrected chi connectivity index (χ4v) is 1.61. The van der Waals surface area contributed by atoms with Crippen molar-refractivity contribution in [1.82, 2.24) is 9.55 Å². The van der Waals surface area contributed by atoms with Gasteiger partial charge < -0.3 is 5.23 Å². The van der Waals surface area contributed by atoms with Gasteiger partial charge in [0.15, 0.2) is 0 Å². The van der Waals surface area contributed by atoms with Gasteiger partial charge in [-0.3, -0.25) is 4.57 Å². The molecule has 0 aliphatic rings. The maximum atomic E-state index is 5.38. The first-order chi connectivity index (χ1) is 9.21. The summed E-state index contributed by atoms with van der Waals surface area (Å²) in [5, 5.41) is 2.51. The molecule has 1 heterocycles. The van der Waals surface area contributed by atoms with E-state index in [4.69, 9.17) is 7.98 Å². The highest BCUT2D eigenvalue weighted by Crippen LogP contribution is 2.22. The molecule has 0 aromatic carbocycles. The predicted octanol–water partition coefficient (Wildman–Crippen LogP) is 3.35. The van der Waals surface area contributed by atoms with Gasteiger partial charge in [0.2, 0.25) is 7.98 Å². The van der Waals surface area contributed by atoms with Crippen molar-refractivity contribution in [3.05, 3.63) is 74.3 Å². The number of nitrogens with zero attached hydrogens (tertiary/aromatic N) is 2. The molecule has 0 aliphatic carbocycles. The minimum Gasteiger partial charge on any atom is -0.421 e. The Morgan fingerprint density at radius 1 is 1.21 bits per heavy atom. The Kier molecular flexibility index (Phi) is 5.42. The smallest absolute Gasteiger partial charge is 0.224 e. The van der Waals surface area contributed by atoms with Crippen molar-refractivity contribution in [3.63, 3.8) is 0 Å². The maximum Gasteiger partial charge on any atom is 0.224 e. The standard InChI is InChI=1S/C15H16BN3/c1-5-9-12(7-3)13(10-6-2)19-11-14(18-16)17-15(19)8-4/h5-11,18H,1-4H2/b12-9+,13-10-. The van der Waals surface area contributed by atoms with Crippen LogP contribution in [0.4, 0.5) is 5.82 Å². The van der Waals surface area contributed by atoms with E-state index in [-0.39, 0.29) is 0 Å². The lowest BCUT2D eigenvalue weighted by atomic mass is 10.1. The fraction of sp³-hybridized carbons (Fsp3) is 0. The van der Waals surface area contributed by atoms with E-state index in [0.29, 0.717) is 11.6 Å². The van der Waals surface area contributed by atoms with Gasteiger partial charge in [-0.15, -0.1) is 0 Å². The van der Waals surface area contributed by atoms with Crippen LogP contribution in [0.25, 0.3) is 11.8 Å². The molecular formula is C15H16BN3. The van der Waals surface area contributed by atoms with Crippen LogP contribution in [0, 0.1) is 0 Å². The summed E-state index contributed by atoms with van der Waals surface area (Å²) in [5.74, 6) is 1.21. The van der Waals surface area contributed by atoms with E-state index in [0.717, 1.165) is 11.3 Å². The first-order valence-corrected chi connectivity index (χ1v) is 5.68. The van der Waals surface area contributed by atoms with Crippen molar-refractivity contribution >= 4 is 25.6 Å². The zero-order valence-electron chi connectivity index (χ0n) is 10.8. The molecule has 2 radical (unpaired) electrons. The summed E-state index contributed by atoms with van der Waals surface area (Å²) in [6.07, 6.45) is 12.2. The number of allylic oxidation sites excluding steroid dienone is 7. The summed E-state index contributed by atoms with van der Waals surface area (Å²) in [5.41, 5.74) is 1.74. The minimum atomic E-state index is 0.548. The number of nitrogens with one attached hydrogen (secondary N) is 1. The first kappa shape index (κ1) is 14.6. The van der Waals surface area contributed by atoms with E-state index in [9.17, 15) is 0 Å². The first-order valence-electron chi connectivity index (χ1n) is 5.68. The van der Waals surface area contributed by atoms with Crippen LogP contribution in [0.3, 0.4) is 0 Å². The average Bonchev–Trinajstić information content (AvgIpc) is 2.85. The molecule has 1 aromatic heterocycles. The lowest BCUT2D eigenvalue weighted by Gasteiger charge is -2.11. The monoisotopic (exact) mass is 249 g/mol. The molecule has 0 fully saturated rings. The molecule has 0 bridgehead atoms. The Bertz CT molecular complexity index is 562. The lowest BCUT2D eigenvalue weighted by molar-refractivity contribution is 1.06. The van der Waals surface area contributed by atoms with Gasteiger partial charge in [-0.2, -0.15) is 0 Å². The van der Waals surface area contributed by atoms with Crippen molar-refractivity contribution in [2.75, 3.05) is 5.23 Å². The fourth-order valence-electron chi connectivity index (χ4n) is 1.61. The van der Waals surface area contributed by atoms with E-state index in [1.807, 2.05) is 16.7 Å². The van der Waals surface area contributed by atoms with Crippen LogP contribution in [0.15, 0.2) is 68.5 Å². The van der Waals surface area contributed by atoms with E-state index in [2.05, 4.69) is 36.5 Å². The highest BCUT2D eigenvalue weighted by Gasteiger charge is 2.10. The molecule has 0 saturated heterocycles. The van der Waals surface area contributed by atoms with Gasteiger partial charge in [0.05, 0.1) is 11.9 Å². The molecule has 94 valence electrons. The van der Waals surface area contributed by atoms with E-state index in [1.54, 1.807) is 30.5 Å². The minimum absolute atomic E-state index is 0.548. The molecule has 1 N–H and O–H groups in total. The van der Waals surface area contributed by atoms with Gasteiger partial charge in [0.25, 0.3) is 0 Å². The molecule has 0 unspecified atom stereocenters. The van der Waals surface area contributed by atoms with Crippen LogP contribution in [-0.2, 0) is 0 Å². The zero-order valence-corrected chi connectivity index (χ0v) is 10.8. The number of hydrogen-bond acceptors (Lipinski definition) is 2. The Morgan fingerprint density at radius 2 is 1.89 bits per heavy atom. The summed E-state index contributed by atoms with van der Waals surface area (Å²) in [6, 6.07) is 0. The second kappa shape index (κ2) is 7.06. The van der Waals surface area contributed by atoms with Crippen molar-refractivity contribution in [1.29, 1.82) is 0 Å². The Hall–Kier alpha value is -2.49. The van der Waals surface area contributed by atoms with Gasteiger partial charge in [-0.1, -0.05) is 50.6 Å². The molecule has 1 aromatic rings. The quantitative estimate of drug-likeness (QED) is 0.593. The zero-order chi connectivity index (χ0) is 14.3. The molecule has 0 amide bonds. The summed E-state index contributed by atoms with van der Waals surface area (Å²) in [6.45, 7) is 15.0. The Balaban J connectivity index is 3.46. The van der Waals surface area contributed by atoms with Gasteiger partial charge in [0.1, 0.15) is 11.6 Å². The third kappa shape index (κ3) is 3.25. The van der Waals surface area contributed by atoms with Gasteiger partial charge in [-0.25, -0.2) is 4.98 Å². The van der Waals surface area contributed by atoms with Crippen LogP contribution in [-0.4, -0.2) is 17.5 Å². The summed E-state index contributed by atoms with van der Waals surface area (Å²) < 4.78 is 1.85. The van der Waals surface area contributed by atoms with E-state index < -0.39 is 0 Å². The molecule has 19 heavy (non-hydrogen) atoms. The summed E-state index contributed by atoms with van der Waals surface area (Å²) >= 11 is 0. The van der Waals surface area contributed by atoms with Gasteiger partial charge in [0, 0.05) is 0 Å². The Morgan fingerprint density at radius 3 is 2.37 bits per heavy atom. The second-order valence-corrected chi connectivity index (χ2v) is 3.55. The van der Waals surface area contributed by atoms with Crippen LogP contribution in [0.5, 0.6) is 0 Å². The van der Waals surface area contributed by atoms with Crippen molar-refractivity contribution in [2.24, 2.45) is 0 Å². The van der Waals surface area contributed by atoms with Gasteiger partial charge in [-0.05, 0) is 17.7 Å². The highest BCUT2D eigenvalue weighted by atomic mass is 15.1. The molecule has 4 heteroatoms. The lowest BCUT2D eigenvalue weighted by Crippen LogP contribution is -2.00. The molecule has 0 atom stereocenters. The third-order valence-electron chi connectivity index (χ3n) is 2.41. The molecule has 0 spiro atoms. The predicted molar refractivity (Wildman–Crippen MR) is 84.6 cm³/mol. The number of anilines is 1. The molecular weight excluding hydrogens is 233 g/mol. The number of aromatic nitrogens is 2. The maximum absolute atomic E-state index is 5.38. The molecule has 3 nitrogen and oxygen atoms in total. The molecule has 1 rings (SSSR count). The SMILES string of the molecule is [B]Nc1cn(C(=C\C=C)/C(C=C)=C/C=C)c(C=C)n1. The average molecular weight is 249 g/mol. The second-order valence-electron chi connectivity index (χ2n) is 3.55. The van der Waals surface area contributed by atoms with Crippen molar-refractivity contribution < 1.29 is 0 Å². The normalized spacial score (nSPS) is 11.8. The van der Waals surface area contributed by atoms with Crippen molar-refractivity contribution in [2.45, 2.75) is 0 Å². The van der Waals surface area contributed by atoms with Crippen LogP contribution in [0.2, 0.25) is 0 Å². The number of hydrogen-bond donors (Lipinski definition) is 1. The van der Waals surface area contributed by atoms with Crippen LogP contribution < -0.4 is 5.23 Å². The summed E-state index contributed by atoms with van der Waals surface area (Å²) in [4.78, 5) is 4.27. The van der Waals surface area contributed by atoms with E-state index in [1.165, 1.54) is 0 Å². The van der Waals surface area contributed by atoms with E-state index >= 15 is 0 Å². The highest BCUT2D eigenvalue weighted by molar-refractivity contribution is 6.15. The Labute approximate surface area is 115 Å². The molecule has 0 saturated carbocycles. The third-order valence-corrected chi connectivity index (χ3v) is 2.41.